The van der Waals surface area contributed by atoms with E-state index in [0.717, 1.165) is 22.3 Å². The van der Waals surface area contributed by atoms with Crippen LogP contribution in [0, 0.1) is 30.9 Å². The van der Waals surface area contributed by atoms with Crippen molar-refractivity contribution >= 4 is 17.5 Å². The average Bonchev–Trinajstić information content (AvgIpc) is 2.49. The number of hydrogen-bond acceptors (Lipinski definition) is 3. The Morgan fingerprint density at radius 1 is 1.00 bits per heavy atom. The van der Waals surface area contributed by atoms with Crippen molar-refractivity contribution < 1.29 is 9.72 Å². The van der Waals surface area contributed by atoms with Gasteiger partial charge in [0.2, 0.25) is 0 Å². The summed E-state index contributed by atoms with van der Waals surface area (Å²) >= 11 is 0. The number of carbonyl (C=O) groups excluding carboxylic acids is 1. The molecular formula is C18H17NO3. The molecule has 0 unspecified atom stereocenters. The van der Waals surface area contributed by atoms with Gasteiger partial charge in [-0.05, 0) is 67.3 Å². The van der Waals surface area contributed by atoms with E-state index in [-0.39, 0.29) is 11.5 Å². The van der Waals surface area contributed by atoms with Gasteiger partial charge in [-0.3, -0.25) is 14.9 Å². The largest absolute Gasteiger partial charge is 0.289 e. The van der Waals surface area contributed by atoms with Gasteiger partial charge in [-0.1, -0.05) is 12.1 Å². The number of nitrogens with zero attached hydrogens (tertiary/aromatic N) is 1. The van der Waals surface area contributed by atoms with E-state index in [9.17, 15) is 14.9 Å². The third-order valence-electron chi connectivity index (χ3n) is 3.64. The van der Waals surface area contributed by atoms with Gasteiger partial charge in [0.1, 0.15) is 0 Å². The van der Waals surface area contributed by atoms with Crippen molar-refractivity contribution in [2.24, 2.45) is 0 Å². The zero-order valence-corrected chi connectivity index (χ0v) is 12.8. The van der Waals surface area contributed by atoms with E-state index < -0.39 is 4.92 Å². The van der Waals surface area contributed by atoms with E-state index in [1.54, 1.807) is 18.2 Å². The monoisotopic (exact) mass is 295 g/mol. The average molecular weight is 295 g/mol. The first kappa shape index (κ1) is 15.6. The fourth-order valence-electron chi connectivity index (χ4n) is 2.19. The van der Waals surface area contributed by atoms with E-state index in [2.05, 4.69) is 0 Å². The molecule has 4 nitrogen and oxygen atoms in total. The number of nitro benzene ring substituents is 1. The third-order valence-corrected chi connectivity index (χ3v) is 3.64. The summed E-state index contributed by atoms with van der Waals surface area (Å²) in [5.41, 5.74) is 4.66. The second-order valence-electron chi connectivity index (χ2n) is 5.30. The lowest BCUT2D eigenvalue weighted by Crippen LogP contribution is -2.00. The first-order valence-corrected chi connectivity index (χ1v) is 6.93. The topological polar surface area (TPSA) is 60.2 Å². The molecule has 2 aromatic carbocycles. The molecule has 0 bridgehead atoms. The highest BCUT2D eigenvalue weighted by molar-refractivity contribution is 6.07. The van der Waals surface area contributed by atoms with Gasteiger partial charge in [0.15, 0.2) is 5.78 Å². The molecule has 0 aliphatic heterocycles. The maximum atomic E-state index is 12.3. The van der Waals surface area contributed by atoms with Crippen LogP contribution < -0.4 is 0 Å². The Morgan fingerprint density at radius 3 is 2.18 bits per heavy atom. The van der Waals surface area contributed by atoms with Crippen LogP contribution in [-0.2, 0) is 0 Å². The van der Waals surface area contributed by atoms with Crippen LogP contribution in [-0.4, -0.2) is 10.7 Å². The minimum atomic E-state index is -0.447. The summed E-state index contributed by atoms with van der Waals surface area (Å²) < 4.78 is 0. The van der Waals surface area contributed by atoms with E-state index in [1.165, 1.54) is 18.2 Å². The van der Waals surface area contributed by atoms with Gasteiger partial charge < -0.3 is 0 Å². The zero-order valence-electron chi connectivity index (χ0n) is 12.8. The number of carbonyl (C=O) groups is 1. The number of ketones is 1. The number of benzene rings is 2. The molecule has 0 aliphatic rings. The van der Waals surface area contributed by atoms with Crippen LogP contribution in [0.1, 0.15) is 32.6 Å². The standard InChI is InChI=1S/C18H17NO3/c1-12-10-14(3)17(11-13(12)2)18(20)9-6-15-4-7-16(8-5-15)19(21)22/h4-11H,1-3H3. The molecule has 0 saturated carbocycles. The molecule has 0 heterocycles. The number of nitro groups is 1. The van der Waals surface area contributed by atoms with Crippen LogP contribution in [0.25, 0.3) is 6.08 Å². The SMILES string of the molecule is Cc1cc(C)c(C(=O)C=Cc2ccc([N+](=O)[O-])cc2)cc1C. The van der Waals surface area contributed by atoms with Gasteiger partial charge >= 0.3 is 0 Å². The molecule has 2 rings (SSSR count). The number of aryl methyl sites for hydroxylation is 3. The molecule has 0 amide bonds. The Morgan fingerprint density at radius 2 is 1.59 bits per heavy atom. The smallest absolute Gasteiger partial charge is 0.269 e. The van der Waals surface area contributed by atoms with Crippen molar-refractivity contribution in [3.05, 3.63) is 80.4 Å². The molecule has 2 aromatic rings. The second kappa shape index (κ2) is 6.35. The van der Waals surface area contributed by atoms with Crippen LogP contribution in [0.3, 0.4) is 0 Å². The minimum absolute atomic E-state index is 0.0356. The summed E-state index contributed by atoms with van der Waals surface area (Å²) in [6, 6.07) is 9.98. The third kappa shape index (κ3) is 3.47. The Hall–Kier alpha value is -2.75. The molecule has 0 N–H and O–H groups in total. The molecule has 22 heavy (non-hydrogen) atoms. The van der Waals surface area contributed by atoms with Gasteiger partial charge in [0, 0.05) is 17.7 Å². The van der Waals surface area contributed by atoms with Crippen molar-refractivity contribution in [1.29, 1.82) is 0 Å². The summed E-state index contributed by atoms with van der Waals surface area (Å²) in [7, 11) is 0. The van der Waals surface area contributed by atoms with Crippen LogP contribution in [0.15, 0.2) is 42.5 Å². The van der Waals surface area contributed by atoms with Gasteiger partial charge in [0.05, 0.1) is 4.92 Å². The lowest BCUT2D eigenvalue weighted by Gasteiger charge is -2.06. The van der Waals surface area contributed by atoms with Crippen molar-refractivity contribution in [3.63, 3.8) is 0 Å². The fraction of sp³-hybridized carbons (Fsp3) is 0.167. The Balaban J connectivity index is 2.21. The second-order valence-corrected chi connectivity index (χ2v) is 5.30. The first-order chi connectivity index (χ1) is 10.4. The summed E-state index contributed by atoms with van der Waals surface area (Å²) in [4.78, 5) is 22.4. The molecule has 0 aromatic heterocycles. The molecule has 0 aliphatic carbocycles. The summed E-state index contributed by atoms with van der Waals surface area (Å²) in [5.74, 6) is -0.0704. The molecule has 0 spiro atoms. The summed E-state index contributed by atoms with van der Waals surface area (Å²) in [5, 5.41) is 10.6. The van der Waals surface area contributed by atoms with Gasteiger partial charge in [0.25, 0.3) is 5.69 Å². The molecule has 112 valence electrons. The Labute approximate surface area is 129 Å². The number of rotatable bonds is 4. The molecule has 0 saturated heterocycles. The van der Waals surface area contributed by atoms with Crippen molar-refractivity contribution in [3.8, 4) is 0 Å². The van der Waals surface area contributed by atoms with Gasteiger partial charge in [-0.25, -0.2) is 0 Å². The van der Waals surface area contributed by atoms with Crippen LogP contribution in [0.2, 0.25) is 0 Å². The van der Waals surface area contributed by atoms with Crippen molar-refractivity contribution in [1.82, 2.24) is 0 Å². The maximum absolute atomic E-state index is 12.3. The highest BCUT2D eigenvalue weighted by Gasteiger charge is 2.08. The highest BCUT2D eigenvalue weighted by atomic mass is 16.6. The Kier molecular flexibility index (Phi) is 4.51. The zero-order chi connectivity index (χ0) is 16.3. The predicted octanol–water partition coefficient (Wildman–Crippen LogP) is 4.42. The first-order valence-electron chi connectivity index (χ1n) is 6.93. The van der Waals surface area contributed by atoms with E-state index in [0.29, 0.717) is 5.56 Å². The van der Waals surface area contributed by atoms with Crippen LogP contribution in [0.5, 0.6) is 0 Å². The predicted molar refractivity (Wildman–Crippen MR) is 87.1 cm³/mol. The highest BCUT2D eigenvalue weighted by Crippen LogP contribution is 2.17. The molecule has 4 heteroatoms. The molecule has 0 atom stereocenters. The lowest BCUT2D eigenvalue weighted by molar-refractivity contribution is -0.384. The summed E-state index contributed by atoms with van der Waals surface area (Å²) in [6.45, 7) is 5.91. The molecular weight excluding hydrogens is 278 g/mol. The van der Waals surface area contributed by atoms with Crippen molar-refractivity contribution in [2.75, 3.05) is 0 Å². The van der Waals surface area contributed by atoms with Crippen LogP contribution in [0.4, 0.5) is 5.69 Å². The summed E-state index contributed by atoms with van der Waals surface area (Å²) in [6.07, 6.45) is 3.17. The quantitative estimate of drug-likeness (QED) is 0.363. The van der Waals surface area contributed by atoms with Crippen molar-refractivity contribution in [2.45, 2.75) is 20.8 Å². The molecule has 0 radical (unpaired) electrons. The lowest BCUT2D eigenvalue weighted by atomic mass is 9.97. The number of non-ortho nitro benzene ring substituents is 1. The van der Waals surface area contributed by atoms with Crippen LogP contribution >= 0.6 is 0 Å². The van der Waals surface area contributed by atoms with Gasteiger partial charge in [-0.15, -0.1) is 0 Å². The fourth-order valence-corrected chi connectivity index (χ4v) is 2.19. The number of hydrogen-bond donors (Lipinski definition) is 0. The van der Waals surface area contributed by atoms with E-state index in [4.69, 9.17) is 0 Å². The normalized spacial score (nSPS) is 10.9. The Bertz CT molecular complexity index is 759. The maximum Gasteiger partial charge on any atom is 0.269 e. The van der Waals surface area contributed by atoms with Gasteiger partial charge in [-0.2, -0.15) is 0 Å². The van der Waals surface area contributed by atoms with E-state index >= 15 is 0 Å². The molecule has 0 fully saturated rings. The minimum Gasteiger partial charge on any atom is -0.289 e. The van der Waals surface area contributed by atoms with E-state index in [1.807, 2.05) is 32.9 Å². The number of allylic oxidation sites excluding steroid dienone is 1.